The molecule has 0 saturated heterocycles. The second-order valence-electron chi connectivity index (χ2n) is 4.89. The van der Waals surface area contributed by atoms with E-state index in [4.69, 9.17) is 11.6 Å². The Labute approximate surface area is 107 Å². The highest BCUT2D eigenvalue weighted by Gasteiger charge is 2.27. The number of hydrogen-bond donors (Lipinski definition) is 0. The van der Waals surface area contributed by atoms with Crippen LogP contribution in [0.2, 0.25) is 5.02 Å². The summed E-state index contributed by atoms with van der Waals surface area (Å²) in [6.07, 6.45) is 0. The first-order valence-corrected chi connectivity index (χ1v) is 7.17. The summed E-state index contributed by atoms with van der Waals surface area (Å²) in [6.45, 7) is 5.09. The number of sulfone groups is 1. The molecule has 0 aliphatic heterocycles. The number of benzene rings is 1. The minimum absolute atomic E-state index is 0.0857. The molecule has 94 valence electrons. The number of carbonyl (C=O) groups excluding carboxylic acids is 1. The predicted molar refractivity (Wildman–Crippen MR) is 68.0 cm³/mol. The van der Waals surface area contributed by atoms with Crippen LogP contribution in [0.3, 0.4) is 0 Å². The smallest absolute Gasteiger partial charge is 0.185 e. The van der Waals surface area contributed by atoms with E-state index in [1.807, 2.05) is 0 Å². The summed E-state index contributed by atoms with van der Waals surface area (Å²) in [5, 5.41) is 0.342. The first kappa shape index (κ1) is 14.2. The zero-order valence-corrected chi connectivity index (χ0v) is 11.6. The van der Waals surface area contributed by atoms with Gasteiger partial charge in [0.1, 0.15) is 5.75 Å². The lowest BCUT2D eigenvalue weighted by Gasteiger charge is -2.16. The fourth-order valence-electron chi connectivity index (χ4n) is 1.13. The Hall–Kier alpha value is -0.870. The third-order valence-corrected chi connectivity index (χ3v) is 4.16. The number of rotatable bonds is 3. The van der Waals surface area contributed by atoms with Crippen molar-refractivity contribution < 1.29 is 13.2 Å². The minimum atomic E-state index is -3.60. The highest BCUT2D eigenvalue weighted by atomic mass is 35.5. The van der Waals surface area contributed by atoms with E-state index in [-0.39, 0.29) is 10.7 Å². The van der Waals surface area contributed by atoms with Crippen LogP contribution in [0.25, 0.3) is 0 Å². The molecule has 0 amide bonds. The second-order valence-corrected chi connectivity index (χ2v) is 7.32. The minimum Gasteiger partial charge on any atom is -0.298 e. The van der Waals surface area contributed by atoms with Crippen molar-refractivity contribution in [2.24, 2.45) is 5.41 Å². The molecule has 1 aromatic rings. The van der Waals surface area contributed by atoms with Gasteiger partial charge in [0.15, 0.2) is 15.6 Å². The zero-order chi connectivity index (χ0) is 13.3. The van der Waals surface area contributed by atoms with E-state index in [1.165, 1.54) is 12.1 Å². The fraction of sp³-hybridized carbons (Fsp3) is 0.417. The van der Waals surface area contributed by atoms with Crippen molar-refractivity contribution in [3.63, 3.8) is 0 Å². The van der Waals surface area contributed by atoms with E-state index < -0.39 is 21.0 Å². The maximum atomic E-state index is 12.0. The lowest BCUT2D eigenvalue weighted by Crippen LogP contribution is -2.28. The van der Waals surface area contributed by atoms with Crippen LogP contribution in [0.1, 0.15) is 20.8 Å². The van der Waals surface area contributed by atoms with Crippen molar-refractivity contribution in [1.29, 1.82) is 0 Å². The van der Waals surface area contributed by atoms with Crippen LogP contribution in [0.15, 0.2) is 29.2 Å². The molecule has 0 atom stereocenters. The van der Waals surface area contributed by atoms with Gasteiger partial charge in [0.25, 0.3) is 0 Å². The van der Waals surface area contributed by atoms with Crippen LogP contribution in [0.4, 0.5) is 0 Å². The maximum absolute atomic E-state index is 12.0. The van der Waals surface area contributed by atoms with Crippen molar-refractivity contribution in [3.05, 3.63) is 29.3 Å². The Morgan fingerprint density at radius 3 is 2.35 bits per heavy atom. The van der Waals surface area contributed by atoms with Crippen LogP contribution in [-0.2, 0) is 14.6 Å². The average Bonchev–Trinajstić information content (AvgIpc) is 2.15. The van der Waals surface area contributed by atoms with E-state index in [0.29, 0.717) is 5.02 Å². The third kappa shape index (κ3) is 3.82. The van der Waals surface area contributed by atoms with Crippen molar-refractivity contribution >= 4 is 27.2 Å². The molecular weight excluding hydrogens is 260 g/mol. The Kier molecular flexibility index (Phi) is 3.99. The molecule has 3 nitrogen and oxygen atoms in total. The van der Waals surface area contributed by atoms with E-state index in [0.717, 1.165) is 0 Å². The molecule has 1 rings (SSSR count). The number of hydrogen-bond acceptors (Lipinski definition) is 3. The summed E-state index contributed by atoms with van der Waals surface area (Å²) in [6, 6.07) is 5.94. The Morgan fingerprint density at radius 1 is 1.29 bits per heavy atom. The molecule has 0 fully saturated rings. The van der Waals surface area contributed by atoms with Crippen molar-refractivity contribution in [2.45, 2.75) is 25.7 Å². The van der Waals surface area contributed by atoms with E-state index in [2.05, 4.69) is 0 Å². The first-order valence-electron chi connectivity index (χ1n) is 5.14. The molecule has 0 aliphatic rings. The van der Waals surface area contributed by atoms with Gasteiger partial charge in [0, 0.05) is 10.4 Å². The van der Waals surface area contributed by atoms with Gasteiger partial charge in [-0.1, -0.05) is 38.4 Å². The molecule has 0 bridgehead atoms. The van der Waals surface area contributed by atoms with Gasteiger partial charge in [-0.15, -0.1) is 0 Å². The molecule has 0 N–H and O–H groups in total. The second kappa shape index (κ2) is 4.78. The molecule has 0 unspecified atom stereocenters. The molecule has 0 spiro atoms. The van der Waals surface area contributed by atoms with Crippen LogP contribution < -0.4 is 0 Å². The Balaban J connectivity index is 3.02. The van der Waals surface area contributed by atoms with Gasteiger partial charge in [-0.3, -0.25) is 4.79 Å². The summed E-state index contributed by atoms with van der Waals surface area (Å²) >= 11 is 5.73. The van der Waals surface area contributed by atoms with Crippen molar-refractivity contribution in [2.75, 3.05) is 5.75 Å². The summed E-state index contributed by atoms with van der Waals surface area (Å²) in [5.74, 6) is -0.797. The highest BCUT2D eigenvalue weighted by Crippen LogP contribution is 2.21. The summed E-state index contributed by atoms with van der Waals surface area (Å²) in [5.41, 5.74) is -0.661. The predicted octanol–water partition coefficient (Wildman–Crippen LogP) is 2.73. The number of ketones is 1. The van der Waals surface area contributed by atoms with Crippen molar-refractivity contribution in [3.8, 4) is 0 Å². The lowest BCUT2D eigenvalue weighted by molar-refractivity contribution is -0.123. The SMILES string of the molecule is CC(C)(C)C(=O)CS(=O)(=O)c1cccc(Cl)c1. The molecule has 0 heterocycles. The molecular formula is C12H15ClO3S. The van der Waals surface area contributed by atoms with E-state index >= 15 is 0 Å². The van der Waals surface area contributed by atoms with Gasteiger partial charge in [-0.25, -0.2) is 8.42 Å². The fourth-order valence-corrected chi connectivity index (χ4v) is 2.93. The third-order valence-electron chi connectivity index (χ3n) is 2.31. The van der Waals surface area contributed by atoms with E-state index in [1.54, 1.807) is 32.9 Å². The molecule has 0 aromatic heterocycles. The molecule has 1 aromatic carbocycles. The van der Waals surface area contributed by atoms with Crippen LogP contribution in [0.5, 0.6) is 0 Å². The standard InChI is InChI=1S/C12H15ClO3S/c1-12(2,3)11(14)8-17(15,16)10-6-4-5-9(13)7-10/h4-7H,8H2,1-3H3. The monoisotopic (exact) mass is 274 g/mol. The number of Topliss-reactive ketones (excluding diaryl/α,β-unsaturated/α-hetero) is 1. The van der Waals surface area contributed by atoms with Gasteiger partial charge < -0.3 is 0 Å². The van der Waals surface area contributed by atoms with Gasteiger partial charge in [-0.05, 0) is 18.2 Å². The Bertz CT molecular complexity index is 527. The molecule has 5 heteroatoms. The lowest BCUT2D eigenvalue weighted by atomic mass is 9.92. The topological polar surface area (TPSA) is 51.2 Å². The molecule has 0 radical (unpaired) electrons. The largest absolute Gasteiger partial charge is 0.298 e. The van der Waals surface area contributed by atoms with Crippen LogP contribution in [0, 0.1) is 5.41 Å². The normalized spacial score (nSPS) is 12.5. The van der Waals surface area contributed by atoms with Crippen LogP contribution >= 0.6 is 11.6 Å². The van der Waals surface area contributed by atoms with Crippen LogP contribution in [-0.4, -0.2) is 20.0 Å². The van der Waals surface area contributed by atoms with Gasteiger partial charge >= 0.3 is 0 Å². The average molecular weight is 275 g/mol. The molecule has 17 heavy (non-hydrogen) atoms. The highest BCUT2D eigenvalue weighted by molar-refractivity contribution is 7.92. The number of halogens is 1. The van der Waals surface area contributed by atoms with Crippen molar-refractivity contribution in [1.82, 2.24) is 0 Å². The zero-order valence-electron chi connectivity index (χ0n) is 10.0. The number of carbonyl (C=O) groups is 1. The van der Waals surface area contributed by atoms with Gasteiger partial charge in [-0.2, -0.15) is 0 Å². The Morgan fingerprint density at radius 2 is 1.88 bits per heavy atom. The van der Waals surface area contributed by atoms with Gasteiger partial charge in [0.2, 0.25) is 0 Å². The summed E-state index contributed by atoms with van der Waals surface area (Å²) in [4.78, 5) is 11.8. The summed E-state index contributed by atoms with van der Waals surface area (Å²) in [7, 11) is -3.60. The van der Waals surface area contributed by atoms with Gasteiger partial charge in [0.05, 0.1) is 4.90 Å². The molecule has 0 saturated carbocycles. The quantitative estimate of drug-likeness (QED) is 0.852. The summed E-state index contributed by atoms with van der Waals surface area (Å²) < 4.78 is 23.9. The first-order chi connectivity index (χ1) is 7.63. The van der Waals surface area contributed by atoms with E-state index in [9.17, 15) is 13.2 Å². The molecule has 0 aliphatic carbocycles. The maximum Gasteiger partial charge on any atom is 0.185 e.